The van der Waals surface area contributed by atoms with E-state index >= 15 is 0 Å². The summed E-state index contributed by atoms with van der Waals surface area (Å²) in [5, 5.41) is 3.13. The van der Waals surface area contributed by atoms with Gasteiger partial charge < -0.3 is 9.87 Å². The summed E-state index contributed by atoms with van der Waals surface area (Å²) < 4.78 is 28.8. The summed E-state index contributed by atoms with van der Waals surface area (Å²) in [6.45, 7) is 12.2. The highest BCUT2D eigenvalue weighted by atomic mass is 32.2. The van der Waals surface area contributed by atoms with E-state index < -0.39 is 11.4 Å². The number of hydrogen-bond donors (Lipinski definition) is 2. The summed E-state index contributed by atoms with van der Waals surface area (Å²) in [4.78, 5) is 0. The van der Waals surface area contributed by atoms with Gasteiger partial charge in [0.2, 0.25) is 0 Å². The third-order valence-corrected chi connectivity index (χ3v) is 4.70. The molecule has 0 unspecified atom stereocenters. The summed E-state index contributed by atoms with van der Waals surface area (Å²) in [5.41, 5.74) is 2.33. The second-order valence-corrected chi connectivity index (χ2v) is 7.94. The molecule has 0 saturated carbocycles. The Kier molecular flexibility index (Phi) is 5.86. The minimum atomic E-state index is -1.22. The summed E-state index contributed by atoms with van der Waals surface area (Å²) in [6.07, 6.45) is 0. The smallest absolute Gasteiger partial charge is 0.136 e. The van der Waals surface area contributed by atoms with Gasteiger partial charge in [-0.1, -0.05) is 0 Å². The van der Waals surface area contributed by atoms with Gasteiger partial charge >= 0.3 is 0 Å². The number of anilines is 1. The Morgan fingerprint density at radius 1 is 1.35 bits per heavy atom. The first-order valence-electron chi connectivity index (χ1n) is 6.88. The van der Waals surface area contributed by atoms with Crippen LogP contribution in [0.25, 0.3) is 0 Å². The normalized spacial score (nSPS) is 15.0. The molecule has 0 aliphatic rings. The number of rotatable bonds is 5. The topological polar surface area (TPSA) is 47.1 Å². The third-order valence-electron chi connectivity index (χ3n) is 3.02. The first-order chi connectivity index (χ1) is 9.16. The molecule has 1 rings (SSSR count). The predicted octanol–water partition coefficient (Wildman–Crippen LogP) is 3.68. The van der Waals surface area contributed by atoms with E-state index in [-0.39, 0.29) is 16.6 Å². The molecule has 2 N–H and O–H groups in total. The minimum Gasteiger partial charge on any atom is -0.598 e. The molecule has 2 atom stereocenters. The molecule has 0 heterocycles. The molecule has 114 valence electrons. The van der Waals surface area contributed by atoms with Crippen LogP contribution in [0.1, 0.15) is 51.8 Å². The van der Waals surface area contributed by atoms with Gasteiger partial charge in [-0.2, -0.15) is 0 Å². The van der Waals surface area contributed by atoms with E-state index in [1.54, 1.807) is 0 Å². The van der Waals surface area contributed by atoms with Crippen LogP contribution in [-0.2, 0) is 11.4 Å². The van der Waals surface area contributed by atoms with Gasteiger partial charge in [-0.05, 0) is 59.2 Å². The number of hydrogen-bond acceptors (Lipinski definition) is 3. The van der Waals surface area contributed by atoms with Crippen LogP contribution in [0.2, 0.25) is 0 Å². The van der Waals surface area contributed by atoms with Crippen molar-refractivity contribution in [1.29, 1.82) is 0 Å². The van der Waals surface area contributed by atoms with E-state index in [1.807, 2.05) is 47.6 Å². The Bertz CT molecular complexity index is 460. The average molecular weight is 300 g/mol. The van der Waals surface area contributed by atoms with Crippen molar-refractivity contribution >= 4 is 17.0 Å². The van der Waals surface area contributed by atoms with Crippen molar-refractivity contribution in [3.8, 4) is 0 Å². The van der Waals surface area contributed by atoms with E-state index in [0.29, 0.717) is 5.56 Å². The maximum absolute atomic E-state index is 14.2. The van der Waals surface area contributed by atoms with Crippen LogP contribution < -0.4 is 10.0 Å². The summed E-state index contributed by atoms with van der Waals surface area (Å²) in [6, 6.07) is 3.02. The Morgan fingerprint density at radius 3 is 2.45 bits per heavy atom. The zero-order valence-corrected chi connectivity index (χ0v) is 14.0. The van der Waals surface area contributed by atoms with Gasteiger partial charge in [0.15, 0.2) is 0 Å². The molecular formula is C15H25FN2OS. The number of aryl methyl sites for hydroxylation is 1. The van der Waals surface area contributed by atoms with Gasteiger partial charge in [0.1, 0.15) is 10.6 Å². The Hall–Kier alpha value is -0.780. The molecule has 1 aromatic rings. The summed E-state index contributed by atoms with van der Waals surface area (Å²) in [7, 11) is 0. The minimum absolute atomic E-state index is 0.280. The lowest BCUT2D eigenvalue weighted by molar-refractivity contribution is 0.522. The lowest BCUT2D eigenvalue weighted by Crippen LogP contribution is -2.40. The molecule has 20 heavy (non-hydrogen) atoms. The first kappa shape index (κ1) is 17.3. The molecule has 0 bridgehead atoms. The molecular weight excluding hydrogens is 275 g/mol. The van der Waals surface area contributed by atoms with Crippen molar-refractivity contribution in [2.45, 2.75) is 52.3 Å². The largest absolute Gasteiger partial charge is 0.598 e. The molecule has 0 aliphatic carbocycles. The van der Waals surface area contributed by atoms with E-state index in [0.717, 1.165) is 17.8 Å². The first-order valence-corrected chi connectivity index (χ1v) is 8.03. The molecule has 0 aromatic heterocycles. The van der Waals surface area contributed by atoms with Gasteiger partial charge in [0.05, 0.1) is 6.04 Å². The van der Waals surface area contributed by atoms with Crippen molar-refractivity contribution in [3.05, 3.63) is 29.1 Å². The van der Waals surface area contributed by atoms with Crippen molar-refractivity contribution in [2.75, 3.05) is 11.9 Å². The van der Waals surface area contributed by atoms with Crippen LogP contribution >= 0.6 is 0 Å². The molecule has 0 aliphatic heterocycles. The highest BCUT2D eigenvalue weighted by Crippen LogP contribution is 2.26. The second kappa shape index (κ2) is 6.78. The van der Waals surface area contributed by atoms with E-state index in [4.69, 9.17) is 0 Å². The summed E-state index contributed by atoms with van der Waals surface area (Å²) >= 11 is -1.22. The van der Waals surface area contributed by atoms with E-state index in [1.165, 1.54) is 6.07 Å². The van der Waals surface area contributed by atoms with Gasteiger partial charge in [-0.15, -0.1) is 4.72 Å². The SMILES string of the molecule is CCNc1cc(F)c([C@@H](C)N[S@+]([O-])C(C)(C)C)cc1C. The molecule has 0 fully saturated rings. The van der Waals surface area contributed by atoms with Gasteiger partial charge in [0.25, 0.3) is 0 Å². The highest BCUT2D eigenvalue weighted by molar-refractivity contribution is 7.90. The number of nitrogens with one attached hydrogen (secondary N) is 2. The maximum Gasteiger partial charge on any atom is 0.136 e. The molecule has 0 radical (unpaired) electrons. The Labute approximate surface area is 124 Å². The van der Waals surface area contributed by atoms with Crippen LogP contribution in [0.3, 0.4) is 0 Å². The molecule has 1 aromatic carbocycles. The molecule has 0 amide bonds. The Balaban J connectivity index is 2.94. The Morgan fingerprint density at radius 2 is 1.95 bits per heavy atom. The predicted molar refractivity (Wildman–Crippen MR) is 84.7 cm³/mol. The monoisotopic (exact) mass is 300 g/mol. The van der Waals surface area contributed by atoms with Crippen LogP contribution in [0.4, 0.5) is 10.1 Å². The second-order valence-electron chi connectivity index (χ2n) is 5.94. The highest BCUT2D eigenvalue weighted by Gasteiger charge is 2.29. The van der Waals surface area contributed by atoms with Crippen LogP contribution in [-0.4, -0.2) is 15.8 Å². The standard InChI is InChI=1S/C15H25FN2OS/c1-7-17-14-9-13(16)12(8-10(14)2)11(3)18-20(19)15(4,5)6/h8-9,11,17-18H,7H2,1-6H3/t11-,20-/m1/s1. The van der Waals surface area contributed by atoms with Crippen LogP contribution in [0.5, 0.6) is 0 Å². The maximum atomic E-state index is 14.2. The van der Waals surface area contributed by atoms with E-state index in [2.05, 4.69) is 10.0 Å². The van der Waals surface area contributed by atoms with Crippen molar-refractivity contribution < 1.29 is 8.94 Å². The van der Waals surface area contributed by atoms with Gasteiger partial charge in [0, 0.05) is 29.2 Å². The number of halogens is 1. The fraction of sp³-hybridized carbons (Fsp3) is 0.600. The van der Waals surface area contributed by atoms with Crippen LogP contribution in [0, 0.1) is 12.7 Å². The van der Waals surface area contributed by atoms with Crippen molar-refractivity contribution in [2.24, 2.45) is 0 Å². The van der Waals surface area contributed by atoms with E-state index in [9.17, 15) is 8.94 Å². The fourth-order valence-corrected chi connectivity index (χ4v) is 2.62. The van der Waals surface area contributed by atoms with Crippen molar-refractivity contribution in [1.82, 2.24) is 4.72 Å². The third kappa shape index (κ3) is 4.36. The lowest BCUT2D eigenvalue weighted by atomic mass is 10.0. The van der Waals surface area contributed by atoms with Crippen LogP contribution in [0.15, 0.2) is 12.1 Å². The van der Waals surface area contributed by atoms with Gasteiger partial charge in [-0.3, -0.25) is 0 Å². The molecule has 0 saturated heterocycles. The fourth-order valence-electron chi connectivity index (χ4n) is 1.82. The zero-order valence-electron chi connectivity index (χ0n) is 13.1. The molecule has 0 spiro atoms. The van der Waals surface area contributed by atoms with Gasteiger partial charge in [-0.25, -0.2) is 4.39 Å². The average Bonchev–Trinajstić information content (AvgIpc) is 2.32. The van der Waals surface area contributed by atoms with Crippen molar-refractivity contribution in [3.63, 3.8) is 0 Å². The molecule has 5 heteroatoms. The molecule has 3 nitrogen and oxygen atoms in total. The zero-order chi connectivity index (χ0) is 15.5. The number of benzene rings is 1. The lowest BCUT2D eigenvalue weighted by Gasteiger charge is -2.27. The summed E-state index contributed by atoms with van der Waals surface area (Å²) in [5.74, 6) is -0.280. The quantitative estimate of drug-likeness (QED) is 0.816.